The van der Waals surface area contributed by atoms with Crippen molar-refractivity contribution < 1.29 is 22.9 Å². The van der Waals surface area contributed by atoms with Crippen molar-refractivity contribution >= 4 is 10.4 Å². The minimum absolute atomic E-state index is 0.0301. The van der Waals surface area contributed by atoms with Crippen LogP contribution in [0.15, 0.2) is 0 Å². The van der Waals surface area contributed by atoms with Gasteiger partial charge < -0.3 is 10.3 Å². The highest BCUT2D eigenvalue weighted by molar-refractivity contribution is 7.80. The van der Waals surface area contributed by atoms with Gasteiger partial charge in [-0.25, -0.2) is 8.42 Å². The van der Waals surface area contributed by atoms with Crippen LogP contribution in [0.3, 0.4) is 0 Å². The monoisotopic (exact) mass is 381 g/mol. The van der Waals surface area contributed by atoms with Crippen molar-refractivity contribution in [3.8, 4) is 0 Å². The largest absolute Gasteiger partial charge is 0.726 e. The molecule has 0 spiro atoms. The van der Waals surface area contributed by atoms with E-state index in [0.29, 0.717) is 6.42 Å². The molecule has 0 amide bonds. The number of hydrogen-bond donors (Lipinski definition) is 1. The van der Waals surface area contributed by atoms with Crippen LogP contribution < -0.4 is 5.73 Å². The fourth-order valence-corrected chi connectivity index (χ4v) is 2.85. The van der Waals surface area contributed by atoms with E-state index in [1.54, 1.807) is 0 Å². The van der Waals surface area contributed by atoms with Gasteiger partial charge in [-0.15, -0.1) is 0 Å². The number of hydrogen-bond acceptors (Lipinski definition) is 4. The van der Waals surface area contributed by atoms with E-state index in [4.69, 9.17) is 0 Å². The molecule has 0 radical (unpaired) electrons. The fourth-order valence-electron chi connectivity index (χ4n) is 2.53. The summed E-state index contributed by atoms with van der Waals surface area (Å²) in [6.45, 7) is 5.60. The third-order valence-corrected chi connectivity index (χ3v) is 4.53. The van der Waals surface area contributed by atoms with Gasteiger partial charge in [0.15, 0.2) is 0 Å². The molecule has 0 fully saturated rings. The van der Waals surface area contributed by atoms with Gasteiger partial charge in [-0.3, -0.25) is 4.18 Å². The summed E-state index contributed by atoms with van der Waals surface area (Å²) in [5.74, 6) is 0. The number of rotatable bonds is 17. The molecule has 0 saturated carbocycles. The summed E-state index contributed by atoms with van der Waals surface area (Å²) in [6, 6.07) is 0. The Labute approximate surface area is 157 Å². The summed E-state index contributed by atoms with van der Waals surface area (Å²) in [4.78, 5) is 0. The van der Waals surface area contributed by atoms with Gasteiger partial charge >= 0.3 is 0 Å². The first kappa shape index (κ1) is 27.1. The van der Waals surface area contributed by atoms with Crippen LogP contribution in [0, 0.1) is 0 Å². The van der Waals surface area contributed by atoms with Crippen LogP contribution in [0.1, 0.15) is 110 Å². The Morgan fingerprint density at radius 2 is 1.04 bits per heavy atom. The Bertz CT molecular complexity index is 328. The van der Waals surface area contributed by atoms with Crippen molar-refractivity contribution in [1.82, 2.24) is 0 Å². The maximum absolute atomic E-state index is 10.1. The molecule has 0 aromatic carbocycles. The molecule has 0 heterocycles. The third-order valence-electron chi connectivity index (χ3n) is 4.08. The van der Waals surface area contributed by atoms with Crippen molar-refractivity contribution in [2.24, 2.45) is 0 Å². The second-order valence-corrected chi connectivity index (χ2v) is 7.73. The fraction of sp³-hybridized carbons (Fsp3) is 1.00. The standard InChI is InChI=1S/C12H26O4S.C7H17N/c1-2-3-4-5-6-7-8-9-10-11-12-16-17(13,14)15;1-2-3-4-5-6-7-8/h2-12H2,1H3,(H,13,14,15);2-8H2,1H3. The molecule has 3 N–H and O–H groups in total. The lowest BCUT2D eigenvalue weighted by Gasteiger charge is -2.06. The Morgan fingerprint density at radius 1 is 0.680 bits per heavy atom. The van der Waals surface area contributed by atoms with Crippen LogP contribution >= 0.6 is 0 Å². The lowest BCUT2D eigenvalue weighted by Crippen LogP contribution is -2.50. The van der Waals surface area contributed by atoms with Gasteiger partial charge in [-0.05, 0) is 19.3 Å². The quantitative estimate of drug-likeness (QED) is 0.227. The summed E-state index contributed by atoms with van der Waals surface area (Å²) in [5, 5.41) is 0. The zero-order valence-corrected chi connectivity index (χ0v) is 17.6. The summed E-state index contributed by atoms with van der Waals surface area (Å²) in [7, 11) is -4.48. The van der Waals surface area contributed by atoms with Crippen LogP contribution in [0.4, 0.5) is 0 Å². The average molecular weight is 382 g/mol. The molecule has 5 nitrogen and oxygen atoms in total. The third kappa shape index (κ3) is 32.0. The molecule has 0 aromatic heterocycles. The van der Waals surface area contributed by atoms with Gasteiger partial charge in [0.2, 0.25) is 10.4 Å². The highest BCUT2D eigenvalue weighted by Gasteiger charge is 1.95. The topological polar surface area (TPSA) is 94.1 Å². The lowest BCUT2D eigenvalue weighted by molar-refractivity contribution is -0.368. The van der Waals surface area contributed by atoms with Crippen LogP contribution in [-0.4, -0.2) is 26.1 Å². The smallest absolute Gasteiger partial charge is 0.217 e. The SMILES string of the molecule is CCCCCCCCCCCCOS(=O)(=O)[O-].CCCCCCC[NH3+]. The molecule has 0 aliphatic carbocycles. The highest BCUT2D eigenvalue weighted by Crippen LogP contribution is 2.10. The zero-order valence-electron chi connectivity index (χ0n) is 16.8. The van der Waals surface area contributed by atoms with Gasteiger partial charge in [0.25, 0.3) is 0 Å². The summed E-state index contributed by atoms with van der Waals surface area (Å²) < 4.78 is 34.5. The van der Waals surface area contributed by atoms with Crippen molar-refractivity contribution in [1.29, 1.82) is 0 Å². The van der Waals surface area contributed by atoms with Crippen molar-refractivity contribution in [3.05, 3.63) is 0 Å². The van der Waals surface area contributed by atoms with Crippen LogP contribution in [0.2, 0.25) is 0 Å². The number of quaternary nitrogens is 1. The molecule has 0 saturated heterocycles. The summed E-state index contributed by atoms with van der Waals surface area (Å²) >= 11 is 0. The van der Waals surface area contributed by atoms with E-state index in [1.807, 2.05) is 0 Å². The van der Waals surface area contributed by atoms with E-state index in [-0.39, 0.29) is 6.61 Å². The predicted octanol–water partition coefficient (Wildman–Crippen LogP) is 4.58. The molecular weight excluding hydrogens is 338 g/mol. The van der Waals surface area contributed by atoms with Crippen LogP contribution in [0.25, 0.3) is 0 Å². The molecule has 0 unspecified atom stereocenters. The molecule has 0 atom stereocenters. The van der Waals surface area contributed by atoms with Crippen molar-refractivity contribution in [3.63, 3.8) is 0 Å². The van der Waals surface area contributed by atoms with Gasteiger partial charge in [0.1, 0.15) is 0 Å². The van der Waals surface area contributed by atoms with Gasteiger partial charge in [-0.2, -0.15) is 0 Å². The molecule has 0 aromatic rings. The lowest BCUT2D eigenvalue weighted by atomic mass is 10.1. The summed E-state index contributed by atoms with van der Waals surface area (Å²) in [6.07, 6.45) is 18.6. The highest BCUT2D eigenvalue weighted by atomic mass is 32.3. The zero-order chi connectivity index (χ0) is 19.2. The van der Waals surface area contributed by atoms with Gasteiger partial charge in [-0.1, -0.05) is 90.9 Å². The van der Waals surface area contributed by atoms with E-state index in [2.05, 4.69) is 23.8 Å². The predicted molar refractivity (Wildman–Crippen MR) is 104 cm³/mol. The van der Waals surface area contributed by atoms with Crippen LogP contribution in [0.5, 0.6) is 0 Å². The second-order valence-electron chi connectivity index (χ2n) is 6.68. The molecule has 0 aliphatic rings. The van der Waals surface area contributed by atoms with Crippen molar-refractivity contribution in [2.75, 3.05) is 13.2 Å². The van der Waals surface area contributed by atoms with Crippen molar-refractivity contribution in [2.45, 2.75) is 110 Å². The average Bonchev–Trinajstić information content (AvgIpc) is 2.56. The molecule has 6 heteroatoms. The normalized spacial score (nSPS) is 11.2. The van der Waals surface area contributed by atoms with E-state index in [9.17, 15) is 13.0 Å². The first-order valence-electron chi connectivity index (χ1n) is 10.4. The Balaban J connectivity index is 0. The minimum Gasteiger partial charge on any atom is -0.726 e. The molecule has 0 rings (SSSR count). The maximum atomic E-state index is 10.1. The van der Waals surface area contributed by atoms with E-state index in [1.165, 1.54) is 77.0 Å². The first-order chi connectivity index (χ1) is 12.0. The Kier molecular flexibility index (Phi) is 23.7. The molecule has 0 aliphatic heterocycles. The maximum Gasteiger partial charge on any atom is 0.217 e. The van der Waals surface area contributed by atoms with Crippen LogP contribution in [-0.2, 0) is 14.6 Å². The Morgan fingerprint density at radius 3 is 1.40 bits per heavy atom. The Hall–Kier alpha value is -0.170. The molecular formula is C19H43NO4S. The summed E-state index contributed by atoms with van der Waals surface area (Å²) in [5.41, 5.74) is 3.78. The number of unbranched alkanes of at least 4 members (excludes halogenated alkanes) is 13. The van der Waals surface area contributed by atoms with E-state index in [0.717, 1.165) is 19.4 Å². The first-order valence-corrected chi connectivity index (χ1v) is 11.7. The van der Waals surface area contributed by atoms with E-state index >= 15 is 0 Å². The minimum atomic E-state index is -4.48. The molecule has 25 heavy (non-hydrogen) atoms. The van der Waals surface area contributed by atoms with Gasteiger partial charge in [0.05, 0.1) is 13.2 Å². The van der Waals surface area contributed by atoms with E-state index < -0.39 is 10.4 Å². The second kappa shape index (κ2) is 21.9. The van der Waals surface area contributed by atoms with Gasteiger partial charge in [0, 0.05) is 0 Å². The molecule has 154 valence electrons. The molecule has 0 bridgehead atoms.